The lowest BCUT2D eigenvalue weighted by atomic mass is 9.85. The second-order valence-electron chi connectivity index (χ2n) is 5.19. The molecule has 17 heavy (non-hydrogen) atoms. The summed E-state index contributed by atoms with van der Waals surface area (Å²) in [6.45, 7) is 6.05. The highest BCUT2D eigenvalue weighted by Gasteiger charge is 2.18. The number of hydrogen-bond donors (Lipinski definition) is 1. The number of ketones is 1. The van der Waals surface area contributed by atoms with E-state index in [1.807, 2.05) is 26.8 Å². The molecule has 0 heterocycles. The quantitative estimate of drug-likeness (QED) is 0.643. The topological polar surface area (TPSA) is 54.4 Å². The number of carbonyl (C=O) groups is 2. The summed E-state index contributed by atoms with van der Waals surface area (Å²) in [4.78, 5) is 21.1. The van der Waals surface area contributed by atoms with Crippen molar-refractivity contribution < 1.29 is 14.7 Å². The standard InChI is InChI=1S/C14H18O3/c1-14(2,3)12-8-10(5-7-13(12)17)4-6-11(16)9-15/h5,7-9,17H,4,6H2,1-3H3. The highest BCUT2D eigenvalue weighted by molar-refractivity contribution is 6.24. The van der Waals surface area contributed by atoms with Gasteiger partial charge in [0.2, 0.25) is 0 Å². The Hall–Kier alpha value is -1.64. The molecular formula is C14H18O3. The lowest BCUT2D eigenvalue weighted by molar-refractivity contribution is -0.129. The lowest BCUT2D eigenvalue weighted by Gasteiger charge is -2.21. The normalized spacial score (nSPS) is 11.2. The van der Waals surface area contributed by atoms with E-state index in [-0.39, 0.29) is 17.6 Å². The van der Waals surface area contributed by atoms with Crippen LogP contribution in [0.3, 0.4) is 0 Å². The Kier molecular flexibility index (Phi) is 4.05. The molecule has 3 nitrogen and oxygen atoms in total. The van der Waals surface area contributed by atoms with E-state index in [4.69, 9.17) is 0 Å². The van der Waals surface area contributed by atoms with Crippen LogP contribution < -0.4 is 0 Å². The first kappa shape index (κ1) is 13.4. The lowest BCUT2D eigenvalue weighted by Crippen LogP contribution is -2.12. The molecule has 0 aromatic heterocycles. The maximum atomic E-state index is 10.9. The fourth-order valence-corrected chi connectivity index (χ4v) is 1.67. The minimum Gasteiger partial charge on any atom is -0.508 e. The van der Waals surface area contributed by atoms with Crippen LogP contribution in [0, 0.1) is 0 Å². The first-order valence-corrected chi connectivity index (χ1v) is 5.65. The molecule has 0 amide bonds. The number of benzene rings is 1. The monoisotopic (exact) mass is 234 g/mol. The molecule has 0 saturated heterocycles. The Morgan fingerprint density at radius 2 is 2.00 bits per heavy atom. The van der Waals surface area contributed by atoms with Crippen LogP contribution in [-0.4, -0.2) is 17.2 Å². The third-order valence-corrected chi connectivity index (χ3v) is 2.66. The minimum atomic E-state index is -0.393. The molecule has 0 aliphatic heterocycles. The summed E-state index contributed by atoms with van der Waals surface area (Å²) in [7, 11) is 0. The largest absolute Gasteiger partial charge is 0.508 e. The number of aldehydes is 1. The van der Waals surface area contributed by atoms with Gasteiger partial charge in [-0.15, -0.1) is 0 Å². The minimum absolute atomic E-state index is 0.144. The van der Waals surface area contributed by atoms with Crippen molar-refractivity contribution in [2.24, 2.45) is 0 Å². The molecule has 0 aliphatic carbocycles. The average Bonchev–Trinajstić information content (AvgIpc) is 2.26. The van der Waals surface area contributed by atoms with Gasteiger partial charge in [-0.3, -0.25) is 9.59 Å². The Labute approximate surface area is 101 Å². The molecule has 92 valence electrons. The van der Waals surface area contributed by atoms with Gasteiger partial charge in [-0.2, -0.15) is 0 Å². The van der Waals surface area contributed by atoms with Crippen molar-refractivity contribution in [2.45, 2.75) is 39.0 Å². The van der Waals surface area contributed by atoms with Gasteiger partial charge in [-0.1, -0.05) is 32.9 Å². The molecule has 0 spiro atoms. The van der Waals surface area contributed by atoms with Gasteiger partial charge >= 0.3 is 0 Å². The van der Waals surface area contributed by atoms with Gasteiger partial charge < -0.3 is 5.11 Å². The second-order valence-corrected chi connectivity index (χ2v) is 5.19. The first-order chi connectivity index (χ1) is 7.84. The molecule has 1 aromatic carbocycles. The van der Waals surface area contributed by atoms with Crippen molar-refractivity contribution in [1.82, 2.24) is 0 Å². The van der Waals surface area contributed by atoms with Crippen LogP contribution in [0.1, 0.15) is 38.3 Å². The summed E-state index contributed by atoms with van der Waals surface area (Å²) < 4.78 is 0. The smallest absolute Gasteiger partial charge is 0.195 e. The van der Waals surface area contributed by atoms with Crippen LogP contribution in [0.15, 0.2) is 18.2 Å². The molecule has 0 radical (unpaired) electrons. The summed E-state index contributed by atoms with van der Waals surface area (Å²) in [6.07, 6.45) is 1.10. The first-order valence-electron chi connectivity index (χ1n) is 5.65. The summed E-state index contributed by atoms with van der Waals surface area (Å²) in [5.41, 5.74) is 1.67. The SMILES string of the molecule is CC(C)(C)c1cc(CCC(=O)C=O)ccc1O. The van der Waals surface area contributed by atoms with E-state index < -0.39 is 5.78 Å². The Morgan fingerprint density at radius 3 is 2.53 bits per heavy atom. The number of carbonyl (C=O) groups excluding carboxylic acids is 2. The maximum absolute atomic E-state index is 10.9. The Balaban J connectivity index is 2.89. The third-order valence-electron chi connectivity index (χ3n) is 2.66. The maximum Gasteiger partial charge on any atom is 0.195 e. The van der Waals surface area contributed by atoms with Crippen LogP contribution in [-0.2, 0) is 21.4 Å². The predicted octanol–water partition coefficient (Wildman–Crippen LogP) is 2.39. The zero-order chi connectivity index (χ0) is 13.1. The molecule has 0 unspecified atom stereocenters. The van der Waals surface area contributed by atoms with Crippen molar-refractivity contribution in [3.05, 3.63) is 29.3 Å². The van der Waals surface area contributed by atoms with E-state index in [1.165, 1.54) is 0 Å². The highest BCUT2D eigenvalue weighted by atomic mass is 16.3. The van der Waals surface area contributed by atoms with Crippen molar-refractivity contribution in [3.8, 4) is 5.75 Å². The van der Waals surface area contributed by atoms with E-state index in [0.717, 1.165) is 11.1 Å². The van der Waals surface area contributed by atoms with Crippen molar-refractivity contribution in [2.75, 3.05) is 0 Å². The van der Waals surface area contributed by atoms with Crippen LogP contribution in [0.25, 0.3) is 0 Å². The molecule has 0 aliphatic rings. The number of phenolic OH excluding ortho intramolecular Hbond substituents is 1. The molecule has 1 aromatic rings. The summed E-state index contributed by atoms with van der Waals surface area (Å²) in [6, 6.07) is 5.32. The van der Waals surface area contributed by atoms with E-state index in [9.17, 15) is 14.7 Å². The molecule has 0 fully saturated rings. The number of aryl methyl sites for hydroxylation is 1. The highest BCUT2D eigenvalue weighted by Crippen LogP contribution is 2.31. The molecule has 0 atom stereocenters. The van der Waals surface area contributed by atoms with Gasteiger partial charge in [-0.25, -0.2) is 0 Å². The van der Waals surface area contributed by atoms with Gasteiger partial charge in [0.15, 0.2) is 12.1 Å². The average molecular weight is 234 g/mol. The summed E-state index contributed by atoms with van der Waals surface area (Å²) in [5, 5.41) is 9.77. The third kappa shape index (κ3) is 3.70. The number of hydrogen-bond acceptors (Lipinski definition) is 3. The molecule has 1 rings (SSSR count). The number of phenols is 1. The van der Waals surface area contributed by atoms with E-state index >= 15 is 0 Å². The molecule has 3 heteroatoms. The van der Waals surface area contributed by atoms with Gasteiger partial charge in [0, 0.05) is 6.42 Å². The van der Waals surface area contributed by atoms with Crippen molar-refractivity contribution >= 4 is 12.1 Å². The second kappa shape index (κ2) is 5.13. The van der Waals surface area contributed by atoms with E-state index in [2.05, 4.69) is 0 Å². The van der Waals surface area contributed by atoms with Crippen LogP contribution >= 0.6 is 0 Å². The molecule has 1 N–H and O–H groups in total. The fraction of sp³-hybridized carbons (Fsp3) is 0.429. The molecular weight excluding hydrogens is 216 g/mol. The summed E-state index contributed by atoms with van der Waals surface area (Å²) >= 11 is 0. The van der Waals surface area contributed by atoms with E-state index in [1.54, 1.807) is 12.1 Å². The summed E-state index contributed by atoms with van der Waals surface area (Å²) in [5.74, 6) is -0.127. The zero-order valence-electron chi connectivity index (χ0n) is 10.5. The predicted molar refractivity (Wildman–Crippen MR) is 66.2 cm³/mol. The molecule has 0 bridgehead atoms. The molecule has 0 saturated carbocycles. The van der Waals surface area contributed by atoms with Crippen LogP contribution in [0.4, 0.5) is 0 Å². The zero-order valence-corrected chi connectivity index (χ0v) is 10.5. The Bertz CT molecular complexity index is 428. The fourth-order valence-electron chi connectivity index (χ4n) is 1.67. The van der Waals surface area contributed by atoms with E-state index in [0.29, 0.717) is 12.7 Å². The van der Waals surface area contributed by atoms with Gasteiger partial charge in [0.05, 0.1) is 0 Å². The number of rotatable bonds is 4. The van der Waals surface area contributed by atoms with Crippen molar-refractivity contribution in [3.63, 3.8) is 0 Å². The number of aromatic hydroxyl groups is 1. The number of Topliss-reactive ketones (excluding diaryl/α,β-unsaturated/α-hetero) is 1. The van der Waals surface area contributed by atoms with Crippen LogP contribution in [0.5, 0.6) is 5.75 Å². The van der Waals surface area contributed by atoms with Gasteiger partial charge in [0.1, 0.15) is 5.75 Å². The van der Waals surface area contributed by atoms with Gasteiger partial charge in [-0.05, 0) is 29.0 Å². The van der Waals surface area contributed by atoms with Gasteiger partial charge in [0.25, 0.3) is 0 Å². The Morgan fingerprint density at radius 1 is 1.35 bits per heavy atom. The van der Waals surface area contributed by atoms with Crippen LogP contribution in [0.2, 0.25) is 0 Å². The van der Waals surface area contributed by atoms with Crippen molar-refractivity contribution in [1.29, 1.82) is 0 Å².